The molecule has 3 N–H and O–H groups in total. The summed E-state index contributed by atoms with van der Waals surface area (Å²) in [5.74, 6) is 1.24. The molecule has 0 saturated carbocycles. The molecule has 0 aliphatic rings. The van der Waals surface area contributed by atoms with Gasteiger partial charge in [-0.15, -0.1) is 0 Å². The SMILES string of the molecule is CCC(C)CC(=O)NCCCC(C)CN. The van der Waals surface area contributed by atoms with Crippen LogP contribution < -0.4 is 11.1 Å². The van der Waals surface area contributed by atoms with Gasteiger partial charge in [-0.1, -0.05) is 27.2 Å². The van der Waals surface area contributed by atoms with Crippen molar-refractivity contribution in [2.45, 2.75) is 46.5 Å². The van der Waals surface area contributed by atoms with Gasteiger partial charge in [0.25, 0.3) is 0 Å². The van der Waals surface area contributed by atoms with Crippen molar-refractivity contribution in [3.8, 4) is 0 Å². The summed E-state index contributed by atoms with van der Waals surface area (Å²) in [5.41, 5.74) is 5.51. The van der Waals surface area contributed by atoms with Gasteiger partial charge < -0.3 is 11.1 Å². The van der Waals surface area contributed by atoms with Gasteiger partial charge in [0.2, 0.25) is 5.91 Å². The monoisotopic (exact) mass is 214 g/mol. The third kappa shape index (κ3) is 8.43. The molecule has 0 radical (unpaired) electrons. The highest BCUT2D eigenvalue weighted by atomic mass is 16.1. The van der Waals surface area contributed by atoms with Gasteiger partial charge in [0.15, 0.2) is 0 Å². The number of rotatable bonds is 8. The Morgan fingerprint density at radius 2 is 2.00 bits per heavy atom. The zero-order valence-electron chi connectivity index (χ0n) is 10.4. The molecule has 0 saturated heterocycles. The zero-order valence-corrected chi connectivity index (χ0v) is 10.4. The first-order valence-corrected chi connectivity index (χ1v) is 6.06. The molecule has 90 valence electrons. The highest BCUT2D eigenvalue weighted by Crippen LogP contribution is 2.06. The maximum Gasteiger partial charge on any atom is 0.220 e. The van der Waals surface area contributed by atoms with Crippen LogP contribution in [0.4, 0.5) is 0 Å². The van der Waals surface area contributed by atoms with Crippen molar-refractivity contribution in [2.75, 3.05) is 13.1 Å². The fourth-order valence-electron chi connectivity index (χ4n) is 1.33. The fourth-order valence-corrected chi connectivity index (χ4v) is 1.33. The van der Waals surface area contributed by atoms with E-state index in [0.717, 1.165) is 32.4 Å². The molecule has 1 amide bonds. The molecule has 0 aromatic rings. The number of amides is 1. The summed E-state index contributed by atoms with van der Waals surface area (Å²) in [6.45, 7) is 7.89. The molecule has 0 aromatic heterocycles. The summed E-state index contributed by atoms with van der Waals surface area (Å²) >= 11 is 0. The lowest BCUT2D eigenvalue weighted by Crippen LogP contribution is -2.26. The highest BCUT2D eigenvalue weighted by Gasteiger charge is 2.06. The molecule has 2 atom stereocenters. The van der Waals surface area contributed by atoms with Crippen molar-refractivity contribution in [1.29, 1.82) is 0 Å². The lowest BCUT2D eigenvalue weighted by atomic mass is 10.0. The van der Waals surface area contributed by atoms with Gasteiger partial charge in [-0.05, 0) is 31.2 Å². The minimum Gasteiger partial charge on any atom is -0.356 e. The van der Waals surface area contributed by atoms with Crippen LogP contribution in [0.5, 0.6) is 0 Å². The van der Waals surface area contributed by atoms with E-state index >= 15 is 0 Å². The molecule has 0 aliphatic heterocycles. The van der Waals surface area contributed by atoms with Crippen LogP contribution in [0.1, 0.15) is 46.5 Å². The van der Waals surface area contributed by atoms with Crippen molar-refractivity contribution in [1.82, 2.24) is 5.32 Å². The van der Waals surface area contributed by atoms with E-state index in [-0.39, 0.29) is 5.91 Å². The molecule has 2 unspecified atom stereocenters. The van der Waals surface area contributed by atoms with E-state index in [9.17, 15) is 4.79 Å². The second-order valence-corrected chi connectivity index (χ2v) is 4.55. The largest absolute Gasteiger partial charge is 0.356 e. The van der Waals surface area contributed by atoms with Crippen molar-refractivity contribution in [3.05, 3.63) is 0 Å². The molecule has 3 heteroatoms. The van der Waals surface area contributed by atoms with Crippen LogP contribution in [-0.4, -0.2) is 19.0 Å². The van der Waals surface area contributed by atoms with Crippen molar-refractivity contribution in [2.24, 2.45) is 17.6 Å². The smallest absolute Gasteiger partial charge is 0.220 e. The molecule has 0 rings (SSSR count). The number of hydrogen-bond donors (Lipinski definition) is 2. The molecular formula is C12H26N2O. The molecule has 3 nitrogen and oxygen atoms in total. The van der Waals surface area contributed by atoms with Gasteiger partial charge in [0, 0.05) is 13.0 Å². The van der Waals surface area contributed by atoms with Gasteiger partial charge in [-0.25, -0.2) is 0 Å². The van der Waals surface area contributed by atoms with E-state index in [4.69, 9.17) is 5.73 Å². The van der Waals surface area contributed by atoms with Gasteiger partial charge in [0.1, 0.15) is 0 Å². The molecule has 0 spiro atoms. The number of hydrogen-bond acceptors (Lipinski definition) is 2. The second-order valence-electron chi connectivity index (χ2n) is 4.55. The van der Waals surface area contributed by atoms with Gasteiger partial charge >= 0.3 is 0 Å². The summed E-state index contributed by atoms with van der Waals surface area (Å²) in [7, 11) is 0. The van der Waals surface area contributed by atoms with Crippen LogP contribution >= 0.6 is 0 Å². The molecule has 0 aliphatic carbocycles. The van der Waals surface area contributed by atoms with E-state index in [1.807, 2.05) is 0 Å². The van der Waals surface area contributed by atoms with E-state index < -0.39 is 0 Å². The van der Waals surface area contributed by atoms with E-state index in [1.54, 1.807) is 0 Å². The minimum absolute atomic E-state index is 0.185. The molecule has 0 bridgehead atoms. The summed E-state index contributed by atoms with van der Waals surface area (Å²) < 4.78 is 0. The molecule has 0 fully saturated rings. The Morgan fingerprint density at radius 3 is 2.53 bits per heavy atom. The summed E-state index contributed by atoms with van der Waals surface area (Å²) in [6.07, 6.45) is 3.85. The Hall–Kier alpha value is -0.570. The number of nitrogens with two attached hydrogens (primary N) is 1. The van der Waals surface area contributed by atoms with E-state index in [2.05, 4.69) is 26.1 Å². The molecular weight excluding hydrogens is 188 g/mol. The predicted molar refractivity (Wildman–Crippen MR) is 64.5 cm³/mol. The normalized spacial score (nSPS) is 14.7. The molecule has 0 heterocycles. The second kappa shape index (κ2) is 8.72. The number of carbonyl (C=O) groups is 1. The first-order valence-electron chi connectivity index (χ1n) is 6.06. The van der Waals surface area contributed by atoms with Crippen molar-refractivity contribution in [3.63, 3.8) is 0 Å². The number of carbonyl (C=O) groups excluding carboxylic acids is 1. The van der Waals surface area contributed by atoms with Crippen LogP contribution in [0, 0.1) is 11.8 Å². The fraction of sp³-hybridized carbons (Fsp3) is 0.917. The van der Waals surface area contributed by atoms with Gasteiger partial charge in [-0.2, -0.15) is 0 Å². The van der Waals surface area contributed by atoms with Crippen LogP contribution in [0.25, 0.3) is 0 Å². The summed E-state index contributed by atoms with van der Waals surface area (Å²) in [6, 6.07) is 0. The predicted octanol–water partition coefficient (Wildman–Crippen LogP) is 1.91. The van der Waals surface area contributed by atoms with Gasteiger partial charge in [-0.3, -0.25) is 4.79 Å². The number of nitrogens with one attached hydrogen (secondary N) is 1. The van der Waals surface area contributed by atoms with E-state index in [0.29, 0.717) is 18.3 Å². The van der Waals surface area contributed by atoms with E-state index in [1.165, 1.54) is 0 Å². The van der Waals surface area contributed by atoms with Crippen molar-refractivity contribution < 1.29 is 4.79 Å². The first kappa shape index (κ1) is 14.4. The quantitative estimate of drug-likeness (QED) is 0.606. The lowest BCUT2D eigenvalue weighted by Gasteiger charge is -2.10. The Bertz CT molecular complexity index is 171. The first-order chi connectivity index (χ1) is 7.10. The molecule has 0 aromatic carbocycles. The zero-order chi connectivity index (χ0) is 11.7. The average Bonchev–Trinajstić information content (AvgIpc) is 2.23. The Morgan fingerprint density at radius 1 is 1.33 bits per heavy atom. The van der Waals surface area contributed by atoms with Crippen LogP contribution in [0.2, 0.25) is 0 Å². The summed E-state index contributed by atoms with van der Waals surface area (Å²) in [5, 5.41) is 2.95. The maximum atomic E-state index is 11.4. The van der Waals surface area contributed by atoms with Crippen LogP contribution in [0.3, 0.4) is 0 Å². The third-order valence-electron chi connectivity index (χ3n) is 2.83. The Labute approximate surface area is 93.8 Å². The Balaban J connectivity index is 3.39. The topological polar surface area (TPSA) is 55.1 Å². The van der Waals surface area contributed by atoms with Crippen LogP contribution in [0.15, 0.2) is 0 Å². The average molecular weight is 214 g/mol. The standard InChI is InChI=1S/C12H26N2O/c1-4-10(2)8-12(15)14-7-5-6-11(3)9-13/h10-11H,4-9,13H2,1-3H3,(H,14,15). The van der Waals surface area contributed by atoms with Crippen LogP contribution in [-0.2, 0) is 4.79 Å². The Kier molecular flexibility index (Phi) is 8.38. The lowest BCUT2D eigenvalue weighted by molar-refractivity contribution is -0.121. The highest BCUT2D eigenvalue weighted by molar-refractivity contribution is 5.76. The third-order valence-corrected chi connectivity index (χ3v) is 2.83. The van der Waals surface area contributed by atoms with Gasteiger partial charge in [0.05, 0.1) is 0 Å². The molecule has 15 heavy (non-hydrogen) atoms. The van der Waals surface area contributed by atoms with Crippen molar-refractivity contribution >= 4 is 5.91 Å². The maximum absolute atomic E-state index is 11.4. The summed E-state index contributed by atoms with van der Waals surface area (Å²) in [4.78, 5) is 11.4. The minimum atomic E-state index is 0.185.